The molecule has 0 bridgehead atoms. The van der Waals surface area contributed by atoms with Crippen LogP contribution in [0.1, 0.15) is 19.3 Å². The molecule has 0 aromatic carbocycles. The molecular weight excluding hydrogens is 237 g/mol. The van der Waals surface area contributed by atoms with Crippen LogP contribution in [0.15, 0.2) is 6.07 Å². The van der Waals surface area contributed by atoms with Gasteiger partial charge in [0.15, 0.2) is 10.3 Å². The highest BCUT2D eigenvalue weighted by Gasteiger charge is 2.36. The maximum Gasteiger partial charge on any atom is 0.174 e. The van der Waals surface area contributed by atoms with Gasteiger partial charge in [-0.25, -0.2) is 0 Å². The highest BCUT2D eigenvalue weighted by atomic mass is 35.5. The van der Waals surface area contributed by atoms with Crippen LogP contribution in [0.4, 0.5) is 5.69 Å². The minimum absolute atomic E-state index is 0.0866. The topological polar surface area (TPSA) is 58.0 Å². The van der Waals surface area contributed by atoms with Crippen molar-refractivity contribution >= 4 is 28.9 Å². The number of hydrogen-bond donors (Lipinski definition) is 2. The van der Waals surface area contributed by atoms with Crippen LogP contribution in [0.25, 0.3) is 0 Å². The Morgan fingerprint density at radius 2 is 2.13 bits per heavy atom. The van der Waals surface area contributed by atoms with Gasteiger partial charge in [-0.3, -0.25) is 0 Å². The van der Waals surface area contributed by atoms with Gasteiger partial charge in [0.1, 0.15) is 0 Å². The normalized spacial score (nSPS) is 18.3. The van der Waals surface area contributed by atoms with E-state index in [4.69, 9.17) is 23.2 Å². The minimum Gasteiger partial charge on any atom is -0.394 e. The van der Waals surface area contributed by atoms with Gasteiger partial charge < -0.3 is 10.4 Å². The van der Waals surface area contributed by atoms with Crippen LogP contribution in [0.3, 0.4) is 0 Å². The van der Waals surface area contributed by atoms with Crippen LogP contribution in [-0.2, 0) is 0 Å². The molecule has 1 heterocycles. The van der Waals surface area contributed by atoms with E-state index in [9.17, 15) is 5.11 Å². The van der Waals surface area contributed by atoms with Crippen molar-refractivity contribution in [2.75, 3.05) is 11.9 Å². The molecule has 2 rings (SSSR count). The molecule has 1 saturated carbocycles. The lowest BCUT2D eigenvalue weighted by molar-refractivity contribution is 0.144. The number of nitrogens with one attached hydrogen (secondary N) is 1. The predicted molar refractivity (Wildman–Crippen MR) is 59.3 cm³/mol. The van der Waals surface area contributed by atoms with Gasteiger partial charge in [-0.2, -0.15) is 0 Å². The fourth-order valence-electron chi connectivity index (χ4n) is 1.65. The summed E-state index contributed by atoms with van der Waals surface area (Å²) >= 11 is 11.6. The molecule has 0 aliphatic heterocycles. The smallest absolute Gasteiger partial charge is 0.174 e. The van der Waals surface area contributed by atoms with Gasteiger partial charge in [0.05, 0.1) is 17.8 Å². The monoisotopic (exact) mass is 247 g/mol. The van der Waals surface area contributed by atoms with Gasteiger partial charge in [0, 0.05) is 6.07 Å². The van der Waals surface area contributed by atoms with Crippen LogP contribution in [0, 0.1) is 0 Å². The number of rotatable bonds is 3. The number of halogens is 2. The zero-order valence-electron chi connectivity index (χ0n) is 8.00. The summed E-state index contributed by atoms with van der Waals surface area (Å²) in [4.78, 5) is 0. The lowest BCUT2D eigenvalue weighted by atomic mass is 9.77. The average molecular weight is 248 g/mol. The minimum atomic E-state index is -0.254. The molecule has 0 unspecified atom stereocenters. The second kappa shape index (κ2) is 4.12. The first-order chi connectivity index (χ1) is 7.15. The molecule has 1 aromatic heterocycles. The molecule has 0 radical (unpaired) electrons. The van der Waals surface area contributed by atoms with Crippen molar-refractivity contribution in [3.05, 3.63) is 16.4 Å². The molecule has 0 spiro atoms. The molecular formula is C9H11Cl2N3O. The van der Waals surface area contributed by atoms with Gasteiger partial charge in [-0.05, 0) is 19.3 Å². The Bertz CT molecular complexity index is 363. The van der Waals surface area contributed by atoms with Crippen molar-refractivity contribution in [3.8, 4) is 0 Å². The van der Waals surface area contributed by atoms with E-state index >= 15 is 0 Å². The van der Waals surface area contributed by atoms with E-state index in [1.807, 2.05) is 0 Å². The van der Waals surface area contributed by atoms with Crippen LogP contribution in [-0.4, -0.2) is 27.4 Å². The van der Waals surface area contributed by atoms with Gasteiger partial charge in [0.2, 0.25) is 0 Å². The molecule has 15 heavy (non-hydrogen) atoms. The summed E-state index contributed by atoms with van der Waals surface area (Å²) in [5.74, 6) is 0. The van der Waals surface area contributed by atoms with Crippen LogP contribution in [0.5, 0.6) is 0 Å². The fraction of sp³-hybridized carbons (Fsp3) is 0.556. The third-order valence-electron chi connectivity index (χ3n) is 2.73. The third kappa shape index (κ3) is 2.17. The van der Waals surface area contributed by atoms with Crippen molar-refractivity contribution in [2.45, 2.75) is 24.8 Å². The Kier molecular flexibility index (Phi) is 3.00. The summed E-state index contributed by atoms with van der Waals surface area (Å²) < 4.78 is 0. The second-order valence-electron chi connectivity index (χ2n) is 3.79. The lowest BCUT2D eigenvalue weighted by Gasteiger charge is -2.41. The summed E-state index contributed by atoms with van der Waals surface area (Å²) in [6.45, 7) is 0.0866. The van der Waals surface area contributed by atoms with E-state index in [-0.39, 0.29) is 22.5 Å². The highest BCUT2D eigenvalue weighted by molar-refractivity contribution is 6.33. The Balaban J connectivity index is 2.19. The van der Waals surface area contributed by atoms with Gasteiger partial charge >= 0.3 is 0 Å². The number of nitrogens with zero attached hydrogens (tertiary/aromatic N) is 2. The summed E-state index contributed by atoms with van der Waals surface area (Å²) in [6, 6.07) is 1.62. The van der Waals surface area contributed by atoms with Crippen molar-refractivity contribution in [1.29, 1.82) is 0 Å². The van der Waals surface area contributed by atoms with Gasteiger partial charge in [-0.1, -0.05) is 23.2 Å². The lowest BCUT2D eigenvalue weighted by Crippen LogP contribution is -2.48. The van der Waals surface area contributed by atoms with E-state index in [0.29, 0.717) is 5.69 Å². The quantitative estimate of drug-likeness (QED) is 0.860. The van der Waals surface area contributed by atoms with Crippen molar-refractivity contribution in [1.82, 2.24) is 10.2 Å². The Morgan fingerprint density at radius 1 is 1.40 bits per heavy atom. The molecule has 0 atom stereocenters. The van der Waals surface area contributed by atoms with Crippen LogP contribution >= 0.6 is 23.2 Å². The molecule has 1 aliphatic carbocycles. The molecule has 6 heteroatoms. The van der Waals surface area contributed by atoms with E-state index in [2.05, 4.69) is 15.5 Å². The van der Waals surface area contributed by atoms with E-state index in [1.165, 1.54) is 0 Å². The first kappa shape index (κ1) is 10.9. The molecule has 1 aliphatic rings. The summed E-state index contributed by atoms with van der Waals surface area (Å²) in [7, 11) is 0. The Labute approximate surface area is 97.6 Å². The number of aliphatic hydroxyl groups excluding tert-OH is 1. The largest absolute Gasteiger partial charge is 0.394 e. The van der Waals surface area contributed by atoms with Crippen molar-refractivity contribution < 1.29 is 5.11 Å². The van der Waals surface area contributed by atoms with Crippen LogP contribution in [0.2, 0.25) is 10.3 Å². The molecule has 4 nitrogen and oxygen atoms in total. The molecule has 1 fully saturated rings. The molecule has 0 saturated heterocycles. The average Bonchev–Trinajstić information content (AvgIpc) is 2.17. The standard InChI is InChI=1S/C9H11Cl2N3O/c10-7-4-6(8(11)14-13-7)12-9(5-15)2-1-3-9/h4,15H,1-3,5H2,(H,12,13). The summed E-state index contributed by atoms with van der Waals surface area (Å²) in [5.41, 5.74) is 0.376. The van der Waals surface area contributed by atoms with Crippen molar-refractivity contribution in [2.24, 2.45) is 0 Å². The van der Waals surface area contributed by atoms with E-state index in [1.54, 1.807) is 6.07 Å². The number of aromatic nitrogens is 2. The molecule has 2 N–H and O–H groups in total. The number of hydrogen-bond acceptors (Lipinski definition) is 4. The molecule has 82 valence electrons. The summed E-state index contributed by atoms with van der Waals surface area (Å²) in [5, 5.41) is 20.3. The van der Waals surface area contributed by atoms with Crippen LogP contribution < -0.4 is 5.32 Å². The first-order valence-corrected chi connectivity index (χ1v) is 5.49. The Hall–Kier alpha value is -0.580. The summed E-state index contributed by atoms with van der Waals surface area (Å²) in [6.07, 6.45) is 2.97. The molecule has 1 aromatic rings. The predicted octanol–water partition coefficient (Wildman–Crippen LogP) is 2.11. The van der Waals surface area contributed by atoms with E-state index in [0.717, 1.165) is 19.3 Å². The zero-order chi connectivity index (χ0) is 10.9. The highest BCUT2D eigenvalue weighted by Crippen LogP contribution is 2.36. The van der Waals surface area contributed by atoms with Crippen molar-refractivity contribution in [3.63, 3.8) is 0 Å². The molecule has 0 amide bonds. The first-order valence-electron chi connectivity index (χ1n) is 4.73. The third-order valence-corrected chi connectivity index (χ3v) is 3.20. The zero-order valence-corrected chi connectivity index (χ0v) is 9.52. The van der Waals surface area contributed by atoms with E-state index < -0.39 is 0 Å². The SMILES string of the molecule is OCC1(Nc2cc(Cl)nnc2Cl)CCC1. The fourth-order valence-corrected chi connectivity index (χ4v) is 1.94. The number of anilines is 1. The Morgan fingerprint density at radius 3 is 2.67 bits per heavy atom. The van der Waals surface area contributed by atoms with Gasteiger partial charge in [0.25, 0.3) is 0 Å². The second-order valence-corrected chi connectivity index (χ2v) is 4.53. The maximum atomic E-state index is 9.28. The maximum absolute atomic E-state index is 9.28. The van der Waals surface area contributed by atoms with Gasteiger partial charge in [-0.15, -0.1) is 10.2 Å². The number of aliphatic hydroxyl groups is 1.